The number of anilines is 1. The molecule has 2 aliphatic rings. The molecule has 1 saturated heterocycles. The molecular weight excluding hydrogens is 485 g/mol. The van der Waals surface area contributed by atoms with Crippen LogP contribution in [-0.2, 0) is 24.3 Å². The number of carbonyl (C=O) groups is 2. The summed E-state index contributed by atoms with van der Waals surface area (Å²) in [7, 11) is 0. The van der Waals surface area contributed by atoms with Crippen LogP contribution in [-0.4, -0.2) is 70.2 Å². The zero-order valence-corrected chi connectivity index (χ0v) is 20.1. The average molecular weight is 513 g/mol. The number of alkyl halides is 2. The minimum absolute atomic E-state index is 0.0723. The Hall–Kier alpha value is -2.79. The van der Waals surface area contributed by atoms with Crippen molar-refractivity contribution in [2.45, 2.75) is 51.2 Å². The van der Waals surface area contributed by atoms with Gasteiger partial charge in [0.15, 0.2) is 0 Å². The number of benzene rings is 1. The van der Waals surface area contributed by atoms with Gasteiger partial charge >= 0.3 is 6.03 Å². The van der Waals surface area contributed by atoms with Crippen molar-refractivity contribution in [2.75, 3.05) is 31.5 Å². The number of hydrogen-bond donors (Lipinski definition) is 2. The molecule has 0 spiro atoms. The molecular formula is C23H28ClF3N6O2. The molecule has 190 valence electrons. The highest BCUT2D eigenvalue weighted by atomic mass is 35.5. The van der Waals surface area contributed by atoms with Crippen molar-refractivity contribution in [2.24, 2.45) is 0 Å². The molecule has 0 aliphatic carbocycles. The van der Waals surface area contributed by atoms with E-state index >= 15 is 0 Å². The SMILES string of the molecule is Cc1c2c(nn1CC(CNC=O)N1CCC(F)(F)CC1)CCN(C(=O)Nc1ccc(F)c(Cl)c1)C2. The predicted octanol–water partition coefficient (Wildman–Crippen LogP) is 3.42. The summed E-state index contributed by atoms with van der Waals surface area (Å²) in [5.41, 5.74) is 3.12. The van der Waals surface area contributed by atoms with E-state index < -0.39 is 11.7 Å². The largest absolute Gasteiger partial charge is 0.357 e. The van der Waals surface area contributed by atoms with Crippen LogP contribution in [0.4, 0.5) is 23.7 Å². The number of carbonyl (C=O) groups excluding carboxylic acids is 2. The summed E-state index contributed by atoms with van der Waals surface area (Å²) in [6.45, 7) is 4.00. The fraction of sp³-hybridized carbons (Fsp3) is 0.522. The van der Waals surface area contributed by atoms with Crippen LogP contribution in [0.3, 0.4) is 0 Å². The number of amides is 3. The lowest BCUT2D eigenvalue weighted by atomic mass is 10.0. The van der Waals surface area contributed by atoms with E-state index in [1.54, 1.807) is 4.90 Å². The van der Waals surface area contributed by atoms with Gasteiger partial charge in [-0.3, -0.25) is 14.4 Å². The zero-order chi connectivity index (χ0) is 25.2. The highest BCUT2D eigenvalue weighted by Crippen LogP contribution is 2.29. The molecule has 2 aliphatic heterocycles. The fourth-order valence-electron chi connectivity index (χ4n) is 4.60. The lowest BCUT2D eigenvalue weighted by molar-refractivity contribution is -0.110. The summed E-state index contributed by atoms with van der Waals surface area (Å²) in [5, 5.41) is 10.1. The summed E-state index contributed by atoms with van der Waals surface area (Å²) in [4.78, 5) is 27.3. The first kappa shape index (κ1) is 25.3. The van der Waals surface area contributed by atoms with Gasteiger partial charge in [-0.2, -0.15) is 5.10 Å². The molecule has 0 saturated carbocycles. The van der Waals surface area contributed by atoms with Crippen LogP contribution >= 0.6 is 11.6 Å². The van der Waals surface area contributed by atoms with Crippen molar-refractivity contribution < 1.29 is 22.8 Å². The van der Waals surface area contributed by atoms with Gasteiger partial charge in [0.2, 0.25) is 6.41 Å². The number of nitrogens with zero attached hydrogens (tertiary/aromatic N) is 4. The normalized spacial score (nSPS) is 18.6. The maximum atomic E-state index is 13.6. The molecule has 3 heterocycles. The minimum atomic E-state index is -2.65. The molecule has 1 fully saturated rings. The Balaban J connectivity index is 1.44. The molecule has 8 nitrogen and oxygen atoms in total. The van der Waals surface area contributed by atoms with Gasteiger partial charge in [-0.15, -0.1) is 0 Å². The second-order valence-electron chi connectivity index (χ2n) is 9.00. The number of aromatic nitrogens is 2. The second-order valence-corrected chi connectivity index (χ2v) is 9.40. The lowest BCUT2D eigenvalue weighted by Gasteiger charge is -2.37. The molecule has 35 heavy (non-hydrogen) atoms. The van der Waals surface area contributed by atoms with E-state index in [1.807, 2.05) is 16.5 Å². The van der Waals surface area contributed by atoms with Gasteiger partial charge in [0, 0.05) is 68.4 Å². The van der Waals surface area contributed by atoms with Gasteiger partial charge in [-0.25, -0.2) is 18.0 Å². The molecule has 0 bridgehead atoms. The number of hydrogen-bond acceptors (Lipinski definition) is 4. The third kappa shape index (κ3) is 5.90. The van der Waals surface area contributed by atoms with E-state index in [2.05, 4.69) is 10.6 Å². The first-order valence-electron chi connectivity index (χ1n) is 11.5. The number of halogens is 4. The topological polar surface area (TPSA) is 82.5 Å². The highest BCUT2D eigenvalue weighted by Gasteiger charge is 2.36. The Morgan fingerprint density at radius 1 is 1.29 bits per heavy atom. The summed E-state index contributed by atoms with van der Waals surface area (Å²) in [6.07, 6.45) is 0.760. The molecule has 3 amide bonds. The maximum absolute atomic E-state index is 13.6. The van der Waals surface area contributed by atoms with E-state index in [9.17, 15) is 22.8 Å². The number of piperidine rings is 1. The van der Waals surface area contributed by atoms with Crippen molar-refractivity contribution in [3.8, 4) is 0 Å². The Morgan fingerprint density at radius 2 is 2.03 bits per heavy atom. The molecule has 4 rings (SSSR count). The first-order valence-corrected chi connectivity index (χ1v) is 11.9. The summed E-state index contributed by atoms with van der Waals surface area (Å²) in [6, 6.07) is 3.49. The smallest absolute Gasteiger partial charge is 0.322 e. The quantitative estimate of drug-likeness (QED) is 0.557. The summed E-state index contributed by atoms with van der Waals surface area (Å²) < 4.78 is 42.5. The monoisotopic (exact) mass is 512 g/mol. The van der Waals surface area contributed by atoms with Gasteiger partial charge in [0.1, 0.15) is 5.82 Å². The second kappa shape index (κ2) is 10.4. The van der Waals surface area contributed by atoms with Gasteiger partial charge in [-0.1, -0.05) is 11.6 Å². The van der Waals surface area contributed by atoms with Gasteiger partial charge in [0.05, 0.1) is 23.8 Å². The molecule has 1 aromatic heterocycles. The minimum Gasteiger partial charge on any atom is -0.357 e. The van der Waals surface area contributed by atoms with Crippen molar-refractivity contribution in [3.05, 3.63) is 46.0 Å². The molecule has 1 atom stereocenters. The van der Waals surface area contributed by atoms with E-state index in [1.165, 1.54) is 18.2 Å². The zero-order valence-electron chi connectivity index (χ0n) is 19.4. The van der Waals surface area contributed by atoms with Crippen LogP contribution in [0.2, 0.25) is 5.02 Å². The van der Waals surface area contributed by atoms with E-state index in [-0.39, 0.29) is 43.0 Å². The lowest BCUT2D eigenvalue weighted by Crippen LogP contribution is -2.50. The number of rotatable bonds is 7. The first-order chi connectivity index (χ1) is 16.7. The molecule has 12 heteroatoms. The van der Waals surface area contributed by atoms with Crippen LogP contribution in [0.15, 0.2) is 18.2 Å². The van der Waals surface area contributed by atoms with Gasteiger partial charge in [-0.05, 0) is 25.1 Å². The highest BCUT2D eigenvalue weighted by molar-refractivity contribution is 6.31. The van der Waals surface area contributed by atoms with E-state index in [4.69, 9.17) is 16.7 Å². The summed E-state index contributed by atoms with van der Waals surface area (Å²) in [5.74, 6) is -3.21. The third-order valence-corrected chi connectivity index (χ3v) is 7.00. The van der Waals surface area contributed by atoms with Crippen molar-refractivity contribution >= 4 is 29.7 Å². The van der Waals surface area contributed by atoms with Crippen molar-refractivity contribution in [3.63, 3.8) is 0 Å². The van der Waals surface area contributed by atoms with Crippen LogP contribution in [0.5, 0.6) is 0 Å². The van der Waals surface area contributed by atoms with Crippen LogP contribution < -0.4 is 10.6 Å². The van der Waals surface area contributed by atoms with Crippen LogP contribution in [0.1, 0.15) is 29.8 Å². The Bertz CT molecular complexity index is 1090. The average Bonchev–Trinajstić information content (AvgIpc) is 3.13. The molecule has 0 radical (unpaired) electrons. The van der Waals surface area contributed by atoms with Crippen molar-refractivity contribution in [1.29, 1.82) is 0 Å². The molecule has 2 aromatic rings. The fourth-order valence-corrected chi connectivity index (χ4v) is 4.78. The molecule has 2 N–H and O–H groups in total. The Labute approximate surface area is 206 Å². The maximum Gasteiger partial charge on any atom is 0.322 e. The Kier molecular flexibility index (Phi) is 7.56. The molecule has 1 unspecified atom stereocenters. The predicted molar refractivity (Wildman–Crippen MR) is 125 cm³/mol. The standard InChI is InChI=1S/C23H28ClF3N6O2/c1-15-18-13-32(22(35)29-16-2-3-20(25)19(24)10-16)7-4-21(18)30-33(15)12-17(11-28-14-34)31-8-5-23(26,27)6-9-31/h2-3,10,14,17H,4-9,11-13H2,1H3,(H,28,34)(H,29,35). The van der Waals surface area contributed by atoms with E-state index in [0.717, 1.165) is 17.0 Å². The van der Waals surface area contributed by atoms with E-state index in [0.29, 0.717) is 44.7 Å². The summed E-state index contributed by atoms with van der Waals surface area (Å²) >= 11 is 5.80. The van der Waals surface area contributed by atoms with Gasteiger partial charge < -0.3 is 15.5 Å². The molecule has 1 aromatic carbocycles. The van der Waals surface area contributed by atoms with Gasteiger partial charge in [0.25, 0.3) is 5.92 Å². The number of nitrogens with one attached hydrogen (secondary N) is 2. The van der Waals surface area contributed by atoms with Crippen LogP contribution in [0, 0.1) is 12.7 Å². The Morgan fingerprint density at radius 3 is 2.71 bits per heavy atom. The number of urea groups is 1. The third-order valence-electron chi connectivity index (χ3n) is 6.71. The number of fused-ring (bicyclic) bond motifs is 1. The van der Waals surface area contributed by atoms with Crippen LogP contribution in [0.25, 0.3) is 0 Å². The number of likely N-dealkylation sites (tertiary alicyclic amines) is 1. The van der Waals surface area contributed by atoms with Crippen molar-refractivity contribution in [1.82, 2.24) is 24.9 Å².